The van der Waals surface area contributed by atoms with Crippen LogP contribution in [0.15, 0.2) is 18.0 Å². The van der Waals surface area contributed by atoms with E-state index in [-0.39, 0.29) is 0 Å². The number of nitrogens with one attached hydrogen (secondary N) is 1. The summed E-state index contributed by atoms with van der Waals surface area (Å²) in [4.78, 5) is 4.43. The molecule has 0 fully saturated rings. The van der Waals surface area contributed by atoms with Crippen LogP contribution in [0.3, 0.4) is 0 Å². The monoisotopic (exact) mass is 225 g/mol. The van der Waals surface area contributed by atoms with Gasteiger partial charge in [0, 0.05) is 17.8 Å². The second-order valence-electron chi connectivity index (χ2n) is 3.65. The molecule has 1 aromatic heterocycles. The lowest BCUT2D eigenvalue weighted by molar-refractivity contribution is 0.475. The summed E-state index contributed by atoms with van der Waals surface area (Å²) in [6.07, 6.45) is 6.10. The highest BCUT2D eigenvalue weighted by Crippen LogP contribution is 2.12. The predicted octanol–water partition coefficient (Wildman–Crippen LogP) is 2.18. The first-order valence-corrected chi connectivity index (χ1v) is 6.12. The van der Waals surface area contributed by atoms with E-state index in [0.29, 0.717) is 6.04 Å². The molecule has 0 bridgehead atoms. The van der Waals surface area contributed by atoms with Crippen molar-refractivity contribution in [3.63, 3.8) is 0 Å². The van der Waals surface area contributed by atoms with Crippen LogP contribution in [0.25, 0.3) is 0 Å². The van der Waals surface area contributed by atoms with Gasteiger partial charge in [0.2, 0.25) is 0 Å². The van der Waals surface area contributed by atoms with Crippen LogP contribution < -0.4 is 11.3 Å². The Hall–Kier alpha value is -0.710. The Kier molecular flexibility index (Phi) is 5.53. The molecule has 1 heterocycles. The molecule has 0 aromatic carbocycles. The van der Waals surface area contributed by atoms with Crippen molar-refractivity contribution < 1.29 is 0 Å². The number of rotatable bonds is 7. The molecule has 1 atom stereocenters. The van der Waals surface area contributed by atoms with Crippen LogP contribution in [0.2, 0.25) is 0 Å². The summed E-state index contributed by atoms with van der Waals surface area (Å²) in [5, 5.41) is 3.22. The largest absolute Gasteiger partial charge is 0.271 e. The predicted molar refractivity (Wildman–Crippen MR) is 65.7 cm³/mol. The Morgan fingerprint density at radius 1 is 1.73 bits per heavy atom. The van der Waals surface area contributed by atoms with Crippen molar-refractivity contribution in [1.29, 1.82) is 0 Å². The smallest absolute Gasteiger partial charge is 0.0897 e. The van der Waals surface area contributed by atoms with E-state index in [9.17, 15) is 0 Å². The highest BCUT2D eigenvalue weighted by molar-refractivity contribution is 7.09. The third kappa shape index (κ3) is 4.55. The summed E-state index contributed by atoms with van der Waals surface area (Å²) in [5.41, 5.74) is 3.99. The SMILES string of the molecule is C=CCCCC(Cc1csc(C)n1)NN. The van der Waals surface area contributed by atoms with E-state index in [1.54, 1.807) is 11.3 Å². The summed E-state index contributed by atoms with van der Waals surface area (Å²) in [6.45, 7) is 5.73. The van der Waals surface area contributed by atoms with E-state index in [4.69, 9.17) is 5.84 Å². The number of nitrogens with zero attached hydrogens (tertiary/aromatic N) is 1. The van der Waals surface area contributed by atoms with Gasteiger partial charge in [-0.3, -0.25) is 11.3 Å². The summed E-state index contributed by atoms with van der Waals surface area (Å²) in [6, 6.07) is 0.325. The van der Waals surface area contributed by atoms with Crippen molar-refractivity contribution in [2.45, 2.75) is 38.6 Å². The van der Waals surface area contributed by atoms with Crippen molar-refractivity contribution >= 4 is 11.3 Å². The van der Waals surface area contributed by atoms with Crippen molar-refractivity contribution in [3.8, 4) is 0 Å². The molecule has 1 aromatic rings. The average molecular weight is 225 g/mol. The topological polar surface area (TPSA) is 50.9 Å². The van der Waals surface area contributed by atoms with E-state index in [0.717, 1.165) is 36.4 Å². The minimum absolute atomic E-state index is 0.325. The molecule has 0 spiro atoms. The molecule has 3 nitrogen and oxygen atoms in total. The lowest BCUT2D eigenvalue weighted by Crippen LogP contribution is -2.36. The van der Waals surface area contributed by atoms with Gasteiger partial charge in [0.15, 0.2) is 0 Å². The van der Waals surface area contributed by atoms with Crippen molar-refractivity contribution in [3.05, 3.63) is 28.7 Å². The Morgan fingerprint density at radius 3 is 3.07 bits per heavy atom. The lowest BCUT2D eigenvalue weighted by atomic mass is 10.1. The summed E-state index contributed by atoms with van der Waals surface area (Å²) >= 11 is 1.69. The molecule has 0 radical (unpaired) electrons. The van der Waals surface area contributed by atoms with Gasteiger partial charge in [-0.2, -0.15) is 0 Å². The number of unbranched alkanes of at least 4 members (excludes halogenated alkanes) is 1. The van der Waals surface area contributed by atoms with E-state index in [1.165, 1.54) is 0 Å². The van der Waals surface area contributed by atoms with Gasteiger partial charge in [0.25, 0.3) is 0 Å². The first-order valence-electron chi connectivity index (χ1n) is 5.24. The fraction of sp³-hybridized carbons (Fsp3) is 0.545. The van der Waals surface area contributed by atoms with Crippen LogP contribution in [0.1, 0.15) is 30.0 Å². The maximum Gasteiger partial charge on any atom is 0.0897 e. The zero-order chi connectivity index (χ0) is 11.1. The number of nitrogens with two attached hydrogens (primary N) is 1. The van der Waals surface area contributed by atoms with Crippen LogP contribution in [0.4, 0.5) is 0 Å². The molecule has 0 aliphatic carbocycles. The Labute approximate surface area is 95.4 Å². The second-order valence-corrected chi connectivity index (χ2v) is 4.71. The molecule has 84 valence electrons. The quantitative estimate of drug-likeness (QED) is 0.324. The zero-order valence-electron chi connectivity index (χ0n) is 9.20. The molecule has 3 N–H and O–H groups in total. The van der Waals surface area contributed by atoms with Gasteiger partial charge in [-0.15, -0.1) is 17.9 Å². The second kappa shape index (κ2) is 6.71. The molecule has 0 aliphatic heterocycles. The standard InChI is InChI=1S/C11H19N3S/c1-3-4-5-6-10(14-12)7-11-8-15-9(2)13-11/h3,8,10,14H,1,4-7,12H2,2H3. The summed E-state index contributed by atoms with van der Waals surface area (Å²) < 4.78 is 0. The van der Waals surface area contributed by atoms with E-state index < -0.39 is 0 Å². The van der Waals surface area contributed by atoms with Gasteiger partial charge in [0.1, 0.15) is 0 Å². The maximum atomic E-state index is 5.51. The normalized spacial score (nSPS) is 12.7. The highest BCUT2D eigenvalue weighted by atomic mass is 32.1. The summed E-state index contributed by atoms with van der Waals surface area (Å²) in [5.74, 6) is 5.51. The average Bonchev–Trinajstić information content (AvgIpc) is 2.63. The Bertz CT molecular complexity index is 296. The van der Waals surface area contributed by atoms with Gasteiger partial charge in [-0.1, -0.05) is 6.08 Å². The number of allylic oxidation sites excluding steroid dienone is 1. The zero-order valence-corrected chi connectivity index (χ0v) is 10.0. The first-order chi connectivity index (χ1) is 7.26. The van der Waals surface area contributed by atoms with E-state index >= 15 is 0 Å². The Morgan fingerprint density at radius 2 is 2.53 bits per heavy atom. The fourth-order valence-corrected chi connectivity index (χ4v) is 2.13. The first kappa shape index (κ1) is 12.4. The molecule has 0 aliphatic rings. The van der Waals surface area contributed by atoms with Crippen LogP contribution >= 0.6 is 11.3 Å². The number of hydrazine groups is 1. The Balaban J connectivity index is 2.36. The molecule has 4 heteroatoms. The minimum Gasteiger partial charge on any atom is -0.271 e. The van der Waals surface area contributed by atoms with Gasteiger partial charge in [0.05, 0.1) is 10.7 Å². The number of hydrogen-bond donors (Lipinski definition) is 2. The third-order valence-electron chi connectivity index (χ3n) is 2.32. The number of hydrogen-bond acceptors (Lipinski definition) is 4. The molecule has 0 amide bonds. The molecule has 1 unspecified atom stereocenters. The molecular formula is C11H19N3S. The number of aromatic nitrogens is 1. The van der Waals surface area contributed by atoms with Gasteiger partial charge in [-0.25, -0.2) is 4.98 Å². The summed E-state index contributed by atoms with van der Waals surface area (Å²) in [7, 11) is 0. The van der Waals surface area contributed by atoms with Crippen LogP contribution in [0, 0.1) is 6.92 Å². The molecule has 0 saturated heterocycles. The van der Waals surface area contributed by atoms with E-state index in [2.05, 4.69) is 22.4 Å². The number of aryl methyl sites for hydroxylation is 1. The van der Waals surface area contributed by atoms with Crippen LogP contribution in [-0.4, -0.2) is 11.0 Å². The van der Waals surface area contributed by atoms with E-state index in [1.807, 2.05) is 13.0 Å². The van der Waals surface area contributed by atoms with Crippen LogP contribution in [-0.2, 0) is 6.42 Å². The van der Waals surface area contributed by atoms with Gasteiger partial charge < -0.3 is 0 Å². The third-order valence-corrected chi connectivity index (χ3v) is 3.14. The minimum atomic E-state index is 0.325. The molecular weight excluding hydrogens is 206 g/mol. The van der Waals surface area contributed by atoms with Crippen molar-refractivity contribution in [2.24, 2.45) is 5.84 Å². The van der Waals surface area contributed by atoms with Crippen molar-refractivity contribution in [1.82, 2.24) is 10.4 Å². The van der Waals surface area contributed by atoms with Gasteiger partial charge >= 0.3 is 0 Å². The van der Waals surface area contributed by atoms with Crippen LogP contribution in [0.5, 0.6) is 0 Å². The molecule has 1 rings (SSSR count). The molecule has 0 saturated carbocycles. The highest BCUT2D eigenvalue weighted by Gasteiger charge is 2.08. The maximum absolute atomic E-state index is 5.51. The van der Waals surface area contributed by atoms with Gasteiger partial charge in [-0.05, 0) is 26.2 Å². The fourth-order valence-electron chi connectivity index (χ4n) is 1.51. The van der Waals surface area contributed by atoms with Crippen molar-refractivity contribution in [2.75, 3.05) is 0 Å². The number of thiazole rings is 1. The lowest BCUT2D eigenvalue weighted by Gasteiger charge is -2.13. The molecule has 15 heavy (non-hydrogen) atoms.